The van der Waals surface area contributed by atoms with Crippen LogP contribution in [-0.2, 0) is 11.2 Å². The van der Waals surface area contributed by atoms with Gasteiger partial charge in [-0.2, -0.15) is 0 Å². The smallest absolute Gasteiger partial charge is 0.338 e. The van der Waals surface area contributed by atoms with Gasteiger partial charge in [0.1, 0.15) is 5.52 Å². The van der Waals surface area contributed by atoms with Crippen LogP contribution in [0.2, 0.25) is 0 Å². The number of esters is 1. The zero-order chi connectivity index (χ0) is 13.0. The topological polar surface area (TPSA) is 52.3 Å². The van der Waals surface area contributed by atoms with E-state index in [4.69, 9.17) is 9.15 Å². The highest BCUT2D eigenvalue weighted by molar-refractivity contribution is 5.93. The average molecular weight is 247 g/mol. The Morgan fingerprint density at radius 3 is 2.94 bits per heavy atom. The lowest BCUT2D eigenvalue weighted by atomic mass is 10.2. The second kappa shape index (κ2) is 5.67. The lowest BCUT2D eigenvalue weighted by molar-refractivity contribution is 0.0526. The first-order chi connectivity index (χ1) is 8.74. The molecule has 2 aromatic rings. The quantitative estimate of drug-likeness (QED) is 0.760. The minimum Gasteiger partial charge on any atom is -0.462 e. The fraction of sp³-hybridized carbons (Fsp3) is 0.429. The SMILES string of the molecule is CCCCc1nc2ccc(C(=O)OCC)cc2o1. The molecule has 2 rings (SSSR count). The van der Waals surface area contributed by atoms with Gasteiger partial charge in [0.05, 0.1) is 12.2 Å². The summed E-state index contributed by atoms with van der Waals surface area (Å²) in [6.45, 7) is 4.28. The molecule has 0 aliphatic heterocycles. The summed E-state index contributed by atoms with van der Waals surface area (Å²) in [5.41, 5.74) is 1.93. The minimum atomic E-state index is -0.328. The maximum atomic E-state index is 11.6. The third kappa shape index (κ3) is 2.70. The van der Waals surface area contributed by atoms with Crippen molar-refractivity contribution in [2.24, 2.45) is 0 Å². The van der Waals surface area contributed by atoms with E-state index in [9.17, 15) is 4.79 Å². The summed E-state index contributed by atoms with van der Waals surface area (Å²) in [4.78, 5) is 16.0. The van der Waals surface area contributed by atoms with E-state index in [1.807, 2.05) is 0 Å². The van der Waals surface area contributed by atoms with Crippen LogP contribution in [0.15, 0.2) is 22.6 Å². The number of carbonyl (C=O) groups is 1. The van der Waals surface area contributed by atoms with Crippen molar-refractivity contribution in [3.8, 4) is 0 Å². The molecule has 0 radical (unpaired) electrons. The van der Waals surface area contributed by atoms with Crippen molar-refractivity contribution in [2.45, 2.75) is 33.1 Å². The fourth-order valence-electron chi connectivity index (χ4n) is 1.75. The molecule has 18 heavy (non-hydrogen) atoms. The molecule has 4 nitrogen and oxygen atoms in total. The molecule has 0 aliphatic rings. The molecule has 0 fully saturated rings. The first-order valence-corrected chi connectivity index (χ1v) is 6.31. The van der Waals surface area contributed by atoms with Gasteiger partial charge in [0.15, 0.2) is 11.5 Å². The van der Waals surface area contributed by atoms with Crippen LogP contribution in [0.4, 0.5) is 0 Å². The van der Waals surface area contributed by atoms with Crippen LogP contribution in [0.5, 0.6) is 0 Å². The normalized spacial score (nSPS) is 10.8. The zero-order valence-electron chi connectivity index (χ0n) is 10.7. The highest BCUT2D eigenvalue weighted by Crippen LogP contribution is 2.19. The molecule has 0 N–H and O–H groups in total. The van der Waals surface area contributed by atoms with E-state index in [0.29, 0.717) is 17.8 Å². The van der Waals surface area contributed by atoms with Crippen molar-refractivity contribution >= 4 is 17.1 Å². The maximum Gasteiger partial charge on any atom is 0.338 e. The molecule has 0 saturated heterocycles. The van der Waals surface area contributed by atoms with Gasteiger partial charge in [-0.3, -0.25) is 0 Å². The van der Waals surface area contributed by atoms with Gasteiger partial charge < -0.3 is 9.15 Å². The van der Waals surface area contributed by atoms with Gasteiger partial charge in [0.2, 0.25) is 0 Å². The van der Waals surface area contributed by atoms with Crippen molar-refractivity contribution in [3.05, 3.63) is 29.7 Å². The van der Waals surface area contributed by atoms with E-state index < -0.39 is 0 Å². The van der Waals surface area contributed by atoms with Gasteiger partial charge in [-0.15, -0.1) is 0 Å². The van der Waals surface area contributed by atoms with E-state index in [1.165, 1.54) is 0 Å². The Labute approximate surface area is 106 Å². The molecular weight excluding hydrogens is 230 g/mol. The predicted octanol–water partition coefficient (Wildman–Crippen LogP) is 3.35. The summed E-state index contributed by atoms with van der Waals surface area (Å²) in [7, 11) is 0. The Bertz CT molecular complexity index is 545. The number of aryl methyl sites for hydroxylation is 1. The number of nitrogens with zero attached hydrogens (tertiary/aromatic N) is 1. The molecule has 0 bridgehead atoms. The Balaban J connectivity index is 2.25. The molecule has 1 aromatic carbocycles. The third-order valence-corrected chi connectivity index (χ3v) is 2.69. The third-order valence-electron chi connectivity index (χ3n) is 2.69. The number of hydrogen-bond donors (Lipinski definition) is 0. The molecule has 0 aliphatic carbocycles. The largest absolute Gasteiger partial charge is 0.462 e. The molecule has 96 valence electrons. The Kier molecular flexibility index (Phi) is 3.97. The second-order valence-electron chi connectivity index (χ2n) is 4.11. The molecule has 0 unspecified atom stereocenters. The van der Waals surface area contributed by atoms with Crippen LogP contribution in [-0.4, -0.2) is 17.6 Å². The first kappa shape index (κ1) is 12.6. The molecule has 0 spiro atoms. The Hall–Kier alpha value is -1.84. The molecule has 0 saturated carbocycles. The van der Waals surface area contributed by atoms with Gasteiger partial charge in [-0.25, -0.2) is 9.78 Å². The highest BCUT2D eigenvalue weighted by Gasteiger charge is 2.11. The number of carbonyl (C=O) groups excluding carboxylic acids is 1. The van der Waals surface area contributed by atoms with Crippen LogP contribution in [0.25, 0.3) is 11.1 Å². The fourth-order valence-corrected chi connectivity index (χ4v) is 1.75. The van der Waals surface area contributed by atoms with E-state index in [1.54, 1.807) is 25.1 Å². The van der Waals surface area contributed by atoms with Crippen molar-refractivity contribution in [2.75, 3.05) is 6.61 Å². The van der Waals surface area contributed by atoms with Crippen molar-refractivity contribution in [1.82, 2.24) is 4.98 Å². The standard InChI is InChI=1S/C14H17NO3/c1-3-5-6-13-15-11-8-7-10(9-12(11)18-13)14(16)17-4-2/h7-9H,3-6H2,1-2H3. The van der Waals surface area contributed by atoms with Gasteiger partial charge in [-0.1, -0.05) is 13.3 Å². The summed E-state index contributed by atoms with van der Waals surface area (Å²) >= 11 is 0. The van der Waals surface area contributed by atoms with Gasteiger partial charge in [0, 0.05) is 6.42 Å². The van der Waals surface area contributed by atoms with Gasteiger partial charge in [0.25, 0.3) is 0 Å². The summed E-state index contributed by atoms with van der Waals surface area (Å²) < 4.78 is 10.6. The van der Waals surface area contributed by atoms with Crippen LogP contribution in [0.3, 0.4) is 0 Å². The highest BCUT2D eigenvalue weighted by atomic mass is 16.5. The van der Waals surface area contributed by atoms with Crippen molar-refractivity contribution in [3.63, 3.8) is 0 Å². The van der Waals surface area contributed by atoms with Crippen molar-refractivity contribution < 1.29 is 13.9 Å². The second-order valence-corrected chi connectivity index (χ2v) is 4.11. The lowest BCUT2D eigenvalue weighted by Gasteiger charge is -2.00. The predicted molar refractivity (Wildman–Crippen MR) is 68.6 cm³/mol. The number of unbranched alkanes of at least 4 members (excludes halogenated alkanes) is 1. The van der Waals surface area contributed by atoms with Crippen LogP contribution in [0, 0.1) is 0 Å². The van der Waals surface area contributed by atoms with Crippen molar-refractivity contribution in [1.29, 1.82) is 0 Å². The van der Waals surface area contributed by atoms with Crippen LogP contribution in [0.1, 0.15) is 42.9 Å². The summed E-state index contributed by atoms with van der Waals surface area (Å²) in [6.07, 6.45) is 2.99. The van der Waals surface area contributed by atoms with E-state index in [0.717, 1.165) is 30.7 Å². The van der Waals surface area contributed by atoms with E-state index in [-0.39, 0.29) is 5.97 Å². The molecule has 1 heterocycles. The number of fused-ring (bicyclic) bond motifs is 1. The number of aromatic nitrogens is 1. The Morgan fingerprint density at radius 2 is 2.22 bits per heavy atom. The number of rotatable bonds is 5. The minimum absolute atomic E-state index is 0.328. The molecule has 4 heteroatoms. The molecule has 1 aromatic heterocycles. The van der Waals surface area contributed by atoms with E-state index in [2.05, 4.69) is 11.9 Å². The molecular formula is C14H17NO3. The summed E-state index contributed by atoms with van der Waals surface area (Å²) in [5.74, 6) is 0.402. The van der Waals surface area contributed by atoms with E-state index >= 15 is 0 Å². The number of oxazole rings is 1. The summed E-state index contributed by atoms with van der Waals surface area (Å²) in [5, 5.41) is 0. The lowest BCUT2D eigenvalue weighted by Crippen LogP contribution is -2.03. The molecule has 0 amide bonds. The summed E-state index contributed by atoms with van der Waals surface area (Å²) in [6, 6.07) is 5.20. The molecule has 0 atom stereocenters. The Morgan fingerprint density at radius 1 is 1.39 bits per heavy atom. The zero-order valence-corrected chi connectivity index (χ0v) is 10.7. The van der Waals surface area contributed by atoms with Crippen LogP contribution < -0.4 is 0 Å². The van der Waals surface area contributed by atoms with Gasteiger partial charge in [-0.05, 0) is 31.5 Å². The number of hydrogen-bond acceptors (Lipinski definition) is 4. The van der Waals surface area contributed by atoms with Crippen LogP contribution >= 0.6 is 0 Å². The average Bonchev–Trinajstić information content (AvgIpc) is 2.78. The number of ether oxygens (including phenoxy) is 1. The monoisotopic (exact) mass is 247 g/mol. The van der Waals surface area contributed by atoms with Gasteiger partial charge >= 0.3 is 5.97 Å². The first-order valence-electron chi connectivity index (χ1n) is 6.31. The number of benzene rings is 1. The maximum absolute atomic E-state index is 11.6.